The number of sulfonamides is 1. The molecule has 1 aromatic heterocycles. The molecule has 0 bridgehead atoms. The van der Waals surface area contributed by atoms with Gasteiger partial charge in [0.25, 0.3) is 0 Å². The number of amides is 2. The van der Waals surface area contributed by atoms with E-state index in [1.807, 2.05) is 31.2 Å². The maximum Gasteiger partial charge on any atom is 1.00 e. The summed E-state index contributed by atoms with van der Waals surface area (Å²) in [5.74, 6) is 0. The van der Waals surface area contributed by atoms with Crippen LogP contribution in [-0.2, 0) is 10.0 Å². The molecule has 0 saturated carbocycles. The number of rotatable bonds is 5. The molecule has 0 aliphatic rings. The average Bonchev–Trinajstić information content (AvgIpc) is 2.46. The molecule has 0 radical (unpaired) electrons. The fourth-order valence-electron chi connectivity index (χ4n) is 2.00. The van der Waals surface area contributed by atoms with Crippen LogP contribution in [-0.4, -0.2) is 25.5 Å². The molecule has 9 heteroatoms. The molecule has 128 valence electrons. The molecule has 0 saturated heterocycles. The summed E-state index contributed by atoms with van der Waals surface area (Å²) >= 11 is 0. The zero-order valence-electron chi connectivity index (χ0n) is 14.6. The van der Waals surface area contributed by atoms with Gasteiger partial charge in [0.1, 0.15) is 4.90 Å². The van der Waals surface area contributed by atoms with E-state index in [-0.39, 0.29) is 40.5 Å². The minimum atomic E-state index is -4.18. The number of carbonyl (C=O) groups excluding carboxylic acids is 1. The van der Waals surface area contributed by atoms with Crippen LogP contribution in [0.25, 0.3) is 4.72 Å². The SMILES string of the molecule is Cc1cccc(Nc2ccncc2S(=O)(=O)[N-]C(=O)NC(C)C)c1.[Na+]. The van der Waals surface area contributed by atoms with Gasteiger partial charge in [-0.1, -0.05) is 26.0 Å². The first kappa shape index (κ1) is 21.4. The van der Waals surface area contributed by atoms with Crippen molar-refractivity contribution in [3.8, 4) is 0 Å². The van der Waals surface area contributed by atoms with E-state index in [4.69, 9.17) is 0 Å². The van der Waals surface area contributed by atoms with Crippen LogP contribution in [0.4, 0.5) is 16.2 Å². The summed E-state index contributed by atoms with van der Waals surface area (Å²) in [4.78, 5) is 15.3. The van der Waals surface area contributed by atoms with Crippen molar-refractivity contribution >= 4 is 27.4 Å². The van der Waals surface area contributed by atoms with Gasteiger partial charge in [-0.2, -0.15) is 0 Å². The second-order valence-corrected chi connectivity index (χ2v) is 7.11. The molecule has 1 aromatic carbocycles. The van der Waals surface area contributed by atoms with Crippen molar-refractivity contribution in [1.82, 2.24) is 10.3 Å². The fraction of sp³-hybridized carbons (Fsp3) is 0.250. The normalized spacial score (nSPS) is 10.7. The van der Waals surface area contributed by atoms with Crippen molar-refractivity contribution in [1.29, 1.82) is 0 Å². The molecule has 0 fully saturated rings. The average molecular weight is 370 g/mol. The molecule has 2 aromatic rings. The van der Waals surface area contributed by atoms with Gasteiger partial charge in [-0.15, -0.1) is 0 Å². The molecular weight excluding hydrogens is 351 g/mol. The zero-order chi connectivity index (χ0) is 17.7. The molecule has 0 aliphatic carbocycles. The van der Waals surface area contributed by atoms with E-state index in [1.54, 1.807) is 13.8 Å². The Balaban J connectivity index is 0.00000312. The summed E-state index contributed by atoms with van der Waals surface area (Å²) in [6.45, 7) is 5.37. The third-order valence-electron chi connectivity index (χ3n) is 2.97. The molecule has 0 spiro atoms. The Bertz CT molecular complexity index is 841. The minimum absolute atomic E-state index is 0. The molecule has 0 unspecified atom stereocenters. The van der Waals surface area contributed by atoms with Crippen molar-refractivity contribution in [3.05, 3.63) is 53.0 Å². The van der Waals surface area contributed by atoms with Gasteiger partial charge in [0.2, 0.25) is 10.0 Å². The van der Waals surface area contributed by atoms with Crippen LogP contribution in [0.2, 0.25) is 0 Å². The summed E-state index contributed by atoms with van der Waals surface area (Å²) in [6, 6.07) is 7.87. The number of aromatic nitrogens is 1. The first-order valence-corrected chi connectivity index (χ1v) is 8.78. The first-order chi connectivity index (χ1) is 11.3. The maximum absolute atomic E-state index is 12.4. The number of anilines is 2. The van der Waals surface area contributed by atoms with Crippen LogP contribution in [0.3, 0.4) is 0 Å². The van der Waals surface area contributed by atoms with Gasteiger partial charge in [0.05, 0.1) is 5.69 Å². The summed E-state index contributed by atoms with van der Waals surface area (Å²) in [5, 5.41) is 5.44. The van der Waals surface area contributed by atoms with E-state index in [0.29, 0.717) is 5.69 Å². The van der Waals surface area contributed by atoms with Crippen LogP contribution in [0.5, 0.6) is 0 Å². The molecule has 0 atom stereocenters. The fourth-order valence-corrected chi connectivity index (χ4v) is 2.96. The number of hydrogen-bond donors (Lipinski definition) is 2. The van der Waals surface area contributed by atoms with E-state index < -0.39 is 16.1 Å². The predicted octanol–water partition coefficient (Wildman–Crippen LogP) is 0.318. The molecule has 0 aliphatic heterocycles. The minimum Gasteiger partial charge on any atom is -0.446 e. The Kier molecular flexibility index (Phi) is 7.88. The summed E-state index contributed by atoms with van der Waals surface area (Å²) in [5.41, 5.74) is 2.06. The van der Waals surface area contributed by atoms with E-state index in [9.17, 15) is 13.2 Å². The largest absolute Gasteiger partial charge is 1.00 e. The first-order valence-electron chi connectivity index (χ1n) is 7.34. The predicted molar refractivity (Wildman–Crippen MR) is 92.9 cm³/mol. The van der Waals surface area contributed by atoms with Gasteiger partial charge in [-0.3, -0.25) is 9.78 Å². The van der Waals surface area contributed by atoms with E-state index in [1.165, 1.54) is 18.5 Å². The molecule has 7 nitrogen and oxygen atoms in total. The van der Waals surface area contributed by atoms with E-state index in [2.05, 4.69) is 20.3 Å². The van der Waals surface area contributed by atoms with Crippen LogP contribution in [0, 0.1) is 6.92 Å². The molecule has 2 amide bonds. The number of urea groups is 1. The Hall–Kier alpha value is -1.61. The van der Waals surface area contributed by atoms with Crippen molar-refractivity contribution in [2.45, 2.75) is 31.7 Å². The number of benzene rings is 1. The number of pyridine rings is 1. The van der Waals surface area contributed by atoms with Crippen molar-refractivity contribution in [2.75, 3.05) is 5.32 Å². The third-order valence-corrected chi connectivity index (χ3v) is 4.26. The van der Waals surface area contributed by atoms with Crippen LogP contribution in [0.15, 0.2) is 47.6 Å². The second kappa shape index (κ2) is 9.19. The second-order valence-electron chi connectivity index (χ2n) is 5.54. The van der Waals surface area contributed by atoms with Gasteiger partial charge < -0.3 is 15.4 Å². The zero-order valence-corrected chi connectivity index (χ0v) is 17.5. The molecule has 1 heterocycles. The number of nitrogens with zero attached hydrogens (tertiary/aromatic N) is 2. The number of aryl methyl sites for hydroxylation is 1. The Labute approximate surface area is 170 Å². The molecule has 25 heavy (non-hydrogen) atoms. The van der Waals surface area contributed by atoms with Gasteiger partial charge in [0, 0.05) is 18.1 Å². The Morgan fingerprint density at radius 1 is 1.24 bits per heavy atom. The smallest absolute Gasteiger partial charge is 0.446 e. The van der Waals surface area contributed by atoms with Gasteiger partial charge in [-0.25, -0.2) is 8.42 Å². The summed E-state index contributed by atoms with van der Waals surface area (Å²) in [6.07, 6.45) is 2.63. The monoisotopic (exact) mass is 370 g/mol. The van der Waals surface area contributed by atoms with Crippen molar-refractivity contribution in [3.63, 3.8) is 0 Å². The van der Waals surface area contributed by atoms with Gasteiger partial charge >= 0.3 is 29.6 Å². The van der Waals surface area contributed by atoms with E-state index in [0.717, 1.165) is 11.3 Å². The topological polar surface area (TPSA) is 102 Å². The number of carbonyl (C=O) groups is 1. The molecule has 2 N–H and O–H groups in total. The molecule has 2 rings (SSSR count). The van der Waals surface area contributed by atoms with Gasteiger partial charge in [0.15, 0.2) is 6.03 Å². The Morgan fingerprint density at radius 3 is 2.60 bits per heavy atom. The van der Waals surface area contributed by atoms with Gasteiger partial charge in [-0.05, 0) is 36.7 Å². The summed E-state index contributed by atoms with van der Waals surface area (Å²) in [7, 11) is -4.18. The third kappa shape index (κ3) is 6.32. The maximum atomic E-state index is 12.4. The quantitative estimate of drug-likeness (QED) is 0.738. The van der Waals surface area contributed by atoms with Crippen molar-refractivity contribution < 1.29 is 42.8 Å². The van der Waals surface area contributed by atoms with Crippen molar-refractivity contribution in [2.24, 2.45) is 0 Å². The summed E-state index contributed by atoms with van der Waals surface area (Å²) < 4.78 is 28.1. The molecular formula is C16H19N4NaO3S. The van der Waals surface area contributed by atoms with E-state index >= 15 is 0 Å². The standard InChI is InChI=1S/C16H20N4O3S.Na/c1-11(2)18-16(21)20-24(22,23)15-10-17-8-7-14(15)19-13-6-4-5-12(3)9-13;/h4-11H,1-3H3,(H3,17,18,19,20,21);/q;+1/p-1. The number of hydrogen-bond acceptors (Lipinski definition) is 5. The van der Waals surface area contributed by atoms with Crippen LogP contribution < -0.4 is 40.2 Å². The Morgan fingerprint density at radius 2 is 1.96 bits per heavy atom. The van der Waals surface area contributed by atoms with Crippen LogP contribution in [0.1, 0.15) is 19.4 Å². The van der Waals surface area contributed by atoms with Crippen LogP contribution >= 0.6 is 0 Å². The number of nitrogens with one attached hydrogen (secondary N) is 2.